The Morgan fingerprint density at radius 1 is 1.32 bits per heavy atom. The summed E-state index contributed by atoms with van der Waals surface area (Å²) in [6.45, 7) is 5.01. The molecule has 3 heteroatoms. The lowest BCUT2D eigenvalue weighted by molar-refractivity contribution is 0.410. The van der Waals surface area contributed by atoms with Crippen LogP contribution in [-0.4, -0.2) is 6.54 Å². The van der Waals surface area contributed by atoms with Crippen LogP contribution in [0.4, 0.5) is 4.39 Å². The number of furan rings is 1. The lowest BCUT2D eigenvalue weighted by atomic mass is 9.99. The SMILES string of the molecule is CCCNC(Cc1ccc(F)cc1C)c1ccco1. The third-order valence-electron chi connectivity index (χ3n) is 3.26. The first-order valence-electron chi connectivity index (χ1n) is 6.72. The number of benzene rings is 1. The Morgan fingerprint density at radius 2 is 2.16 bits per heavy atom. The van der Waals surface area contributed by atoms with Crippen molar-refractivity contribution in [2.24, 2.45) is 0 Å². The van der Waals surface area contributed by atoms with E-state index in [1.54, 1.807) is 12.3 Å². The van der Waals surface area contributed by atoms with Crippen LogP contribution in [0.3, 0.4) is 0 Å². The molecule has 19 heavy (non-hydrogen) atoms. The van der Waals surface area contributed by atoms with Crippen molar-refractivity contribution >= 4 is 0 Å². The molecule has 1 unspecified atom stereocenters. The zero-order valence-corrected chi connectivity index (χ0v) is 11.4. The minimum absolute atomic E-state index is 0.138. The summed E-state index contributed by atoms with van der Waals surface area (Å²) in [5.41, 5.74) is 2.13. The summed E-state index contributed by atoms with van der Waals surface area (Å²) >= 11 is 0. The molecule has 0 aliphatic rings. The average molecular weight is 261 g/mol. The van der Waals surface area contributed by atoms with Crippen LogP contribution in [-0.2, 0) is 6.42 Å². The van der Waals surface area contributed by atoms with Crippen molar-refractivity contribution in [3.8, 4) is 0 Å². The van der Waals surface area contributed by atoms with Crippen LogP contribution < -0.4 is 5.32 Å². The molecule has 2 nitrogen and oxygen atoms in total. The van der Waals surface area contributed by atoms with E-state index in [4.69, 9.17) is 4.42 Å². The predicted octanol–water partition coefficient (Wildman–Crippen LogP) is 4.01. The van der Waals surface area contributed by atoms with Gasteiger partial charge in [0.2, 0.25) is 0 Å². The monoisotopic (exact) mass is 261 g/mol. The minimum atomic E-state index is -0.183. The van der Waals surface area contributed by atoms with Crippen molar-refractivity contribution < 1.29 is 8.81 Å². The van der Waals surface area contributed by atoms with E-state index in [-0.39, 0.29) is 11.9 Å². The molecule has 0 saturated carbocycles. The fraction of sp³-hybridized carbons (Fsp3) is 0.375. The molecule has 1 aromatic heterocycles. The second-order valence-corrected chi connectivity index (χ2v) is 4.80. The lowest BCUT2D eigenvalue weighted by Crippen LogP contribution is -2.24. The molecule has 0 fully saturated rings. The molecule has 0 amide bonds. The maximum atomic E-state index is 13.1. The van der Waals surface area contributed by atoms with E-state index in [0.29, 0.717) is 0 Å². The first-order chi connectivity index (χ1) is 9.20. The molecule has 0 spiro atoms. The first kappa shape index (κ1) is 13.8. The van der Waals surface area contributed by atoms with Gasteiger partial charge in [0, 0.05) is 0 Å². The summed E-state index contributed by atoms with van der Waals surface area (Å²) in [5, 5.41) is 3.47. The number of aryl methyl sites for hydroxylation is 1. The van der Waals surface area contributed by atoms with Gasteiger partial charge < -0.3 is 9.73 Å². The van der Waals surface area contributed by atoms with Crippen LogP contribution in [0.15, 0.2) is 41.0 Å². The molecule has 0 aliphatic heterocycles. The average Bonchev–Trinajstić information content (AvgIpc) is 2.90. The number of nitrogens with one attached hydrogen (secondary N) is 1. The molecule has 0 aliphatic carbocycles. The van der Waals surface area contributed by atoms with E-state index < -0.39 is 0 Å². The van der Waals surface area contributed by atoms with E-state index >= 15 is 0 Å². The summed E-state index contributed by atoms with van der Waals surface area (Å²) in [6.07, 6.45) is 3.56. The molecule has 1 aromatic carbocycles. The topological polar surface area (TPSA) is 25.2 Å². The quantitative estimate of drug-likeness (QED) is 0.850. The Labute approximate surface area is 113 Å². The van der Waals surface area contributed by atoms with Crippen molar-refractivity contribution in [3.05, 3.63) is 59.3 Å². The van der Waals surface area contributed by atoms with Gasteiger partial charge in [-0.1, -0.05) is 13.0 Å². The van der Waals surface area contributed by atoms with Gasteiger partial charge in [0.1, 0.15) is 11.6 Å². The number of rotatable bonds is 6. The number of hydrogen-bond acceptors (Lipinski definition) is 2. The summed E-state index contributed by atoms with van der Waals surface area (Å²) in [5.74, 6) is 0.745. The van der Waals surface area contributed by atoms with E-state index in [1.165, 1.54) is 6.07 Å². The Hall–Kier alpha value is -1.61. The van der Waals surface area contributed by atoms with Gasteiger partial charge >= 0.3 is 0 Å². The normalized spacial score (nSPS) is 12.6. The molecule has 0 saturated heterocycles. The first-order valence-corrected chi connectivity index (χ1v) is 6.72. The van der Waals surface area contributed by atoms with Gasteiger partial charge in [0.25, 0.3) is 0 Å². The predicted molar refractivity (Wildman–Crippen MR) is 74.6 cm³/mol. The maximum absolute atomic E-state index is 13.1. The standard InChI is InChI=1S/C16H20FNO/c1-3-8-18-15(16-5-4-9-19-16)11-13-6-7-14(17)10-12(13)2/h4-7,9-10,15,18H,3,8,11H2,1-2H3. The van der Waals surface area contributed by atoms with Crippen molar-refractivity contribution in [2.45, 2.75) is 32.7 Å². The van der Waals surface area contributed by atoms with Gasteiger partial charge in [0.05, 0.1) is 12.3 Å². The van der Waals surface area contributed by atoms with Gasteiger partial charge in [-0.2, -0.15) is 0 Å². The highest BCUT2D eigenvalue weighted by atomic mass is 19.1. The highest BCUT2D eigenvalue weighted by molar-refractivity contribution is 5.28. The zero-order valence-electron chi connectivity index (χ0n) is 11.4. The van der Waals surface area contributed by atoms with Crippen molar-refractivity contribution in [1.82, 2.24) is 5.32 Å². The third-order valence-corrected chi connectivity index (χ3v) is 3.26. The lowest BCUT2D eigenvalue weighted by Gasteiger charge is -2.17. The molecule has 2 aromatic rings. The summed E-state index contributed by atoms with van der Waals surface area (Å²) in [4.78, 5) is 0. The number of halogens is 1. The maximum Gasteiger partial charge on any atom is 0.123 e. The largest absolute Gasteiger partial charge is 0.468 e. The highest BCUT2D eigenvalue weighted by Crippen LogP contribution is 2.21. The highest BCUT2D eigenvalue weighted by Gasteiger charge is 2.15. The van der Waals surface area contributed by atoms with Crippen molar-refractivity contribution in [3.63, 3.8) is 0 Å². The Kier molecular flexibility index (Phi) is 4.74. The molecule has 1 N–H and O–H groups in total. The van der Waals surface area contributed by atoms with Crippen LogP contribution in [0.1, 0.15) is 36.3 Å². The fourth-order valence-electron chi connectivity index (χ4n) is 2.19. The third kappa shape index (κ3) is 3.67. The molecule has 0 bridgehead atoms. The molecule has 1 heterocycles. The van der Waals surface area contributed by atoms with Crippen molar-refractivity contribution in [1.29, 1.82) is 0 Å². The van der Waals surface area contributed by atoms with Gasteiger partial charge in [0.15, 0.2) is 0 Å². The Bertz CT molecular complexity index is 507. The van der Waals surface area contributed by atoms with Gasteiger partial charge in [-0.05, 0) is 61.7 Å². The van der Waals surface area contributed by atoms with Crippen molar-refractivity contribution in [2.75, 3.05) is 6.54 Å². The Balaban J connectivity index is 2.15. The van der Waals surface area contributed by atoms with Crippen LogP contribution in [0.25, 0.3) is 0 Å². The van der Waals surface area contributed by atoms with E-state index in [1.807, 2.05) is 25.1 Å². The van der Waals surface area contributed by atoms with Gasteiger partial charge in [-0.3, -0.25) is 0 Å². The molecular formula is C16H20FNO. The zero-order chi connectivity index (χ0) is 13.7. The van der Waals surface area contributed by atoms with Crippen LogP contribution in [0.2, 0.25) is 0 Å². The second kappa shape index (κ2) is 6.53. The van der Waals surface area contributed by atoms with Crippen LogP contribution >= 0.6 is 0 Å². The van der Waals surface area contributed by atoms with Crippen LogP contribution in [0.5, 0.6) is 0 Å². The van der Waals surface area contributed by atoms with E-state index in [0.717, 1.165) is 36.3 Å². The minimum Gasteiger partial charge on any atom is -0.468 e. The summed E-state index contributed by atoms with van der Waals surface area (Å²) in [7, 11) is 0. The fourth-order valence-corrected chi connectivity index (χ4v) is 2.19. The second-order valence-electron chi connectivity index (χ2n) is 4.80. The van der Waals surface area contributed by atoms with Gasteiger partial charge in [-0.25, -0.2) is 4.39 Å². The number of hydrogen-bond donors (Lipinski definition) is 1. The van der Waals surface area contributed by atoms with E-state index in [2.05, 4.69) is 12.2 Å². The summed E-state index contributed by atoms with van der Waals surface area (Å²) < 4.78 is 18.6. The van der Waals surface area contributed by atoms with E-state index in [9.17, 15) is 4.39 Å². The molecular weight excluding hydrogens is 241 g/mol. The van der Waals surface area contributed by atoms with Crippen LogP contribution in [0, 0.1) is 12.7 Å². The molecule has 0 radical (unpaired) electrons. The van der Waals surface area contributed by atoms with Gasteiger partial charge in [-0.15, -0.1) is 0 Å². The molecule has 2 rings (SSSR count). The summed E-state index contributed by atoms with van der Waals surface area (Å²) in [6, 6.07) is 8.96. The smallest absolute Gasteiger partial charge is 0.123 e. The Morgan fingerprint density at radius 3 is 2.79 bits per heavy atom. The molecule has 1 atom stereocenters. The molecule has 102 valence electrons.